The molecule has 0 saturated heterocycles. The van der Waals surface area contributed by atoms with E-state index < -0.39 is 16.8 Å². The van der Waals surface area contributed by atoms with E-state index in [0.29, 0.717) is 19.3 Å². The number of rotatable bonds is 7. The first-order valence-corrected chi connectivity index (χ1v) is 11.6. The van der Waals surface area contributed by atoms with Crippen LogP contribution in [0.1, 0.15) is 65.9 Å². The van der Waals surface area contributed by atoms with E-state index in [-0.39, 0.29) is 29.5 Å². The number of carboxylic acid groups (broad SMARTS) is 1. The number of benzene rings is 1. The highest BCUT2D eigenvalue weighted by Crippen LogP contribution is 2.66. The highest BCUT2D eigenvalue weighted by Gasteiger charge is 2.67. The second-order valence-corrected chi connectivity index (χ2v) is 9.10. The molecule has 0 radical (unpaired) electrons. The van der Waals surface area contributed by atoms with Crippen LogP contribution >= 0.6 is 0 Å². The minimum atomic E-state index is -0.989. The lowest BCUT2D eigenvalue weighted by molar-refractivity contribution is -0.165. The molecule has 0 bridgehead atoms. The van der Waals surface area contributed by atoms with Gasteiger partial charge in [0, 0.05) is 17.3 Å². The third-order valence-electron chi connectivity index (χ3n) is 8.19. The Morgan fingerprint density at radius 2 is 1.77 bits per heavy atom. The van der Waals surface area contributed by atoms with Crippen LogP contribution in [0.4, 0.5) is 0 Å². The van der Waals surface area contributed by atoms with Crippen LogP contribution in [0.25, 0.3) is 6.08 Å². The van der Waals surface area contributed by atoms with Crippen molar-refractivity contribution in [3.05, 3.63) is 53.6 Å². The zero-order valence-corrected chi connectivity index (χ0v) is 19.0. The van der Waals surface area contributed by atoms with Crippen LogP contribution < -0.4 is 0 Å². The maximum absolute atomic E-state index is 13.2. The summed E-state index contributed by atoms with van der Waals surface area (Å²) in [6, 6.07) is 10.1. The summed E-state index contributed by atoms with van der Waals surface area (Å²) in [7, 11) is 0. The standard InChI is InChI=1S/C27H36O3/c1-6-20-17-26(8-3,16-15-19-13-11-10-12-14-19)27(9-4,25(29)30)23-21(7-2)24(28)18(5)22(20)23/h10-18,21-23H,6-9H2,1-5H3,(H,29,30)/b16-15+/t18-,21-,22+,23-,26-,27-/m1/s1. The number of aliphatic carboxylic acids is 1. The van der Waals surface area contributed by atoms with Crippen molar-refractivity contribution >= 4 is 17.8 Å². The smallest absolute Gasteiger partial charge is 0.311 e. The molecule has 0 aromatic heterocycles. The predicted molar refractivity (Wildman–Crippen MR) is 122 cm³/mol. The molecule has 3 heteroatoms. The van der Waals surface area contributed by atoms with Gasteiger partial charge in [0.1, 0.15) is 5.78 Å². The normalized spacial score (nSPS) is 36.0. The van der Waals surface area contributed by atoms with E-state index in [1.54, 1.807) is 0 Å². The summed E-state index contributed by atoms with van der Waals surface area (Å²) in [6.07, 6.45) is 9.22. The van der Waals surface area contributed by atoms with Crippen LogP contribution in [0.5, 0.6) is 0 Å². The lowest BCUT2D eigenvalue weighted by Gasteiger charge is -2.55. The Bertz CT molecular complexity index is 852. The van der Waals surface area contributed by atoms with Gasteiger partial charge in [0.15, 0.2) is 0 Å². The fraction of sp³-hybridized carbons (Fsp3) is 0.556. The van der Waals surface area contributed by atoms with Crippen LogP contribution in [0.2, 0.25) is 0 Å². The Morgan fingerprint density at radius 1 is 1.10 bits per heavy atom. The van der Waals surface area contributed by atoms with Crippen molar-refractivity contribution in [2.24, 2.45) is 34.5 Å². The average Bonchev–Trinajstić information content (AvgIpc) is 3.02. The number of carbonyl (C=O) groups is 2. The fourth-order valence-corrected chi connectivity index (χ4v) is 6.71. The van der Waals surface area contributed by atoms with Crippen molar-refractivity contribution in [1.82, 2.24) is 0 Å². The highest BCUT2D eigenvalue weighted by atomic mass is 16.4. The number of hydrogen-bond donors (Lipinski definition) is 1. The first-order valence-electron chi connectivity index (χ1n) is 11.6. The summed E-state index contributed by atoms with van der Waals surface area (Å²) >= 11 is 0. The summed E-state index contributed by atoms with van der Waals surface area (Å²) in [5, 5.41) is 10.8. The van der Waals surface area contributed by atoms with Gasteiger partial charge in [0.05, 0.1) is 5.41 Å². The second kappa shape index (κ2) is 8.53. The molecule has 2 aliphatic rings. The molecular weight excluding hydrogens is 372 g/mol. The third kappa shape index (κ3) is 3.09. The number of Topliss-reactive ketones (excluding diaryl/α,β-unsaturated/α-hetero) is 1. The highest BCUT2D eigenvalue weighted by molar-refractivity contribution is 5.90. The van der Waals surface area contributed by atoms with Gasteiger partial charge in [-0.2, -0.15) is 0 Å². The molecule has 0 unspecified atom stereocenters. The van der Waals surface area contributed by atoms with Gasteiger partial charge in [-0.1, -0.05) is 88.8 Å². The Balaban J connectivity index is 2.30. The summed E-state index contributed by atoms with van der Waals surface area (Å²) in [6.45, 7) is 10.3. The topological polar surface area (TPSA) is 54.4 Å². The van der Waals surface area contributed by atoms with Crippen LogP contribution in [0.15, 0.2) is 48.1 Å². The van der Waals surface area contributed by atoms with Crippen molar-refractivity contribution in [1.29, 1.82) is 0 Å². The molecule has 0 heterocycles. The zero-order valence-electron chi connectivity index (χ0n) is 19.0. The first-order chi connectivity index (χ1) is 14.3. The molecule has 162 valence electrons. The average molecular weight is 409 g/mol. The molecule has 3 nitrogen and oxygen atoms in total. The number of fused-ring (bicyclic) bond motifs is 1. The molecule has 3 rings (SSSR count). The SMILES string of the molecule is CCC1=C[C@](/C=C/c2ccccc2)(CC)[C@@](CC)(C(=O)O)[C@H]2[C@H]1[C@@H](C)C(=O)[C@@H]2CC. The molecule has 0 spiro atoms. The first kappa shape index (κ1) is 22.5. The lowest BCUT2D eigenvalue weighted by atomic mass is 9.46. The number of hydrogen-bond acceptors (Lipinski definition) is 2. The van der Waals surface area contributed by atoms with Gasteiger partial charge in [-0.25, -0.2) is 0 Å². The monoisotopic (exact) mass is 408 g/mol. The van der Waals surface area contributed by atoms with Crippen molar-refractivity contribution in [3.8, 4) is 0 Å². The van der Waals surface area contributed by atoms with Gasteiger partial charge < -0.3 is 5.11 Å². The molecule has 1 N–H and O–H groups in total. The van der Waals surface area contributed by atoms with Crippen molar-refractivity contribution < 1.29 is 14.7 Å². The third-order valence-corrected chi connectivity index (χ3v) is 8.19. The predicted octanol–water partition coefficient (Wildman–Crippen LogP) is 6.40. The summed E-state index contributed by atoms with van der Waals surface area (Å²) < 4.78 is 0. The molecule has 0 aliphatic heterocycles. The molecular formula is C27H36O3. The molecule has 0 amide bonds. The van der Waals surface area contributed by atoms with Crippen molar-refractivity contribution in [2.75, 3.05) is 0 Å². The zero-order chi connectivity index (χ0) is 22.1. The Kier molecular flexibility index (Phi) is 6.40. The number of carboxylic acids is 1. The van der Waals surface area contributed by atoms with Gasteiger partial charge in [-0.05, 0) is 43.1 Å². The molecule has 6 atom stereocenters. The van der Waals surface area contributed by atoms with Gasteiger partial charge >= 0.3 is 5.97 Å². The summed E-state index contributed by atoms with van der Waals surface area (Å²) in [5.41, 5.74) is 0.726. The van der Waals surface area contributed by atoms with Gasteiger partial charge in [-0.15, -0.1) is 0 Å². The van der Waals surface area contributed by atoms with Gasteiger partial charge in [0.25, 0.3) is 0 Å². The largest absolute Gasteiger partial charge is 0.481 e. The van der Waals surface area contributed by atoms with E-state index >= 15 is 0 Å². The summed E-state index contributed by atoms with van der Waals surface area (Å²) in [4.78, 5) is 26.4. The Morgan fingerprint density at radius 3 is 2.27 bits per heavy atom. The van der Waals surface area contributed by atoms with E-state index in [1.165, 1.54) is 5.57 Å². The minimum absolute atomic E-state index is 0.0355. The van der Waals surface area contributed by atoms with E-state index in [9.17, 15) is 14.7 Å². The maximum atomic E-state index is 13.2. The minimum Gasteiger partial charge on any atom is -0.481 e. The number of allylic oxidation sites excluding steroid dienone is 3. The molecule has 1 aromatic rings. The molecule has 1 fully saturated rings. The van der Waals surface area contributed by atoms with Crippen molar-refractivity contribution in [3.63, 3.8) is 0 Å². The molecule has 1 aromatic carbocycles. The van der Waals surface area contributed by atoms with Crippen LogP contribution in [-0.2, 0) is 9.59 Å². The maximum Gasteiger partial charge on any atom is 0.311 e. The van der Waals surface area contributed by atoms with E-state index in [1.807, 2.05) is 51.1 Å². The quantitative estimate of drug-likeness (QED) is 0.531. The number of ketones is 1. The molecule has 1 saturated carbocycles. The number of carbonyl (C=O) groups excluding carboxylic acids is 1. The summed E-state index contributed by atoms with van der Waals surface area (Å²) in [5.74, 6) is -0.922. The van der Waals surface area contributed by atoms with Crippen LogP contribution in [0.3, 0.4) is 0 Å². The molecule has 2 aliphatic carbocycles. The van der Waals surface area contributed by atoms with E-state index in [4.69, 9.17) is 0 Å². The van der Waals surface area contributed by atoms with E-state index in [2.05, 4.69) is 32.1 Å². The van der Waals surface area contributed by atoms with E-state index in [0.717, 1.165) is 12.0 Å². The van der Waals surface area contributed by atoms with Gasteiger partial charge in [-0.3, -0.25) is 9.59 Å². The lowest BCUT2D eigenvalue weighted by Crippen LogP contribution is -2.56. The van der Waals surface area contributed by atoms with Crippen molar-refractivity contribution in [2.45, 2.75) is 60.3 Å². The van der Waals surface area contributed by atoms with Crippen LogP contribution in [-0.4, -0.2) is 16.9 Å². The molecule has 30 heavy (non-hydrogen) atoms. The van der Waals surface area contributed by atoms with Crippen LogP contribution in [0, 0.1) is 34.5 Å². The second-order valence-electron chi connectivity index (χ2n) is 9.10. The van der Waals surface area contributed by atoms with Gasteiger partial charge in [0.2, 0.25) is 0 Å². The Hall–Kier alpha value is -2.16. The fourth-order valence-electron chi connectivity index (χ4n) is 6.71. The Labute approximate surface area is 181 Å².